The van der Waals surface area contributed by atoms with Gasteiger partial charge in [0, 0.05) is 43.2 Å². The monoisotopic (exact) mass is 468 g/mol. The SMILES string of the molecule is C[C@H]1CNCCN1c1ccc(Nc2ncc3c(n2)OCN(c2c(F)cccc2Cl)C3=O)cc1. The molecule has 2 aromatic carbocycles. The molecular formula is C23H22ClFN6O2. The molecule has 1 amide bonds. The fourth-order valence-electron chi connectivity index (χ4n) is 4.02. The van der Waals surface area contributed by atoms with Crippen molar-refractivity contribution in [3.8, 4) is 5.88 Å². The summed E-state index contributed by atoms with van der Waals surface area (Å²) in [5.74, 6) is -0.667. The quantitative estimate of drug-likeness (QED) is 0.602. The Kier molecular flexibility index (Phi) is 5.74. The van der Waals surface area contributed by atoms with Gasteiger partial charge in [0.2, 0.25) is 11.8 Å². The van der Waals surface area contributed by atoms with Gasteiger partial charge >= 0.3 is 0 Å². The van der Waals surface area contributed by atoms with Crippen molar-refractivity contribution in [2.75, 3.05) is 41.5 Å². The molecule has 1 atom stereocenters. The van der Waals surface area contributed by atoms with Gasteiger partial charge in [-0.1, -0.05) is 17.7 Å². The van der Waals surface area contributed by atoms with E-state index >= 15 is 0 Å². The third-order valence-electron chi connectivity index (χ3n) is 5.72. The smallest absolute Gasteiger partial charge is 0.268 e. The molecule has 0 aliphatic carbocycles. The molecule has 0 radical (unpaired) electrons. The van der Waals surface area contributed by atoms with Crippen LogP contribution in [0.25, 0.3) is 0 Å². The molecule has 1 saturated heterocycles. The third kappa shape index (κ3) is 4.17. The van der Waals surface area contributed by atoms with Crippen molar-refractivity contribution in [3.63, 3.8) is 0 Å². The highest BCUT2D eigenvalue weighted by Gasteiger charge is 2.31. The van der Waals surface area contributed by atoms with Gasteiger partial charge in [-0.15, -0.1) is 0 Å². The van der Waals surface area contributed by atoms with Gasteiger partial charge in [0.05, 0.1) is 5.02 Å². The Labute approximate surface area is 195 Å². The van der Waals surface area contributed by atoms with Crippen LogP contribution in [0.15, 0.2) is 48.7 Å². The predicted octanol–water partition coefficient (Wildman–Crippen LogP) is 3.81. The van der Waals surface area contributed by atoms with Gasteiger partial charge in [-0.05, 0) is 43.3 Å². The number of nitrogens with zero attached hydrogens (tertiary/aromatic N) is 4. The Balaban J connectivity index is 1.32. The molecule has 0 unspecified atom stereocenters. The molecule has 170 valence electrons. The molecule has 2 N–H and O–H groups in total. The lowest BCUT2D eigenvalue weighted by atomic mass is 10.1. The summed E-state index contributed by atoms with van der Waals surface area (Å²) in [6.07, 6.45) is 1.37. The number of nitrogens with one attached hydrogen (secondary N) is 2. The first-order valence-corrected chi connectivity index (χ1v) is 11.0. The molecular weight excluding hydrogens is 447 g/mol. The number of para-hydroxylation sites is 1. The van der Waals surface area contributed by atoms with E-state index in [4.69, 9.17) is 16.3 Å². The van der Waals surface area contributed by atoms with Gasteiger partial charge in [0.1, 0.15) is 17.1 Å². The largest absolute Gasteiger partial charge is 0.455 e. The number of hydrogen-bond donors (Lipinski definition) is 2. The maximum atomic E-state index is 14.3. The van der Waals surface area contributed by atoms with Crippen LogP contribution >= 0.6 is 11.6 Å². The van der Waals surface area contributed by atoms with Gasteiger partial charge in [-0.25, -0.2) is 9.37 Å². The first-order valence-electron chi connectivity index (χ1n) is 10.6. The van der Waals surface area contributed by atoms with Crippen molar-refractivity contribution < 1.29 is 13.9 Å². The van der Waals surface area contributed by atoms with E-state index in [1.54, 1.807) is 0 Å². The summed E-state index contributed by atoms with van der Waals surface area (Å²) in [5.41, 5.74) is 2.07. The number of carbonyl (C=O) groups is 1. The van der Waals surface area contributed by atoms with Crippen LogP contribution in [0.5, 0.6) is 5.88 Å². The van der Waals surface area contributed by atoms with E-state index in [1.807, 2.05) is 12.1 Å². The molecule has 1 aromatic heterocycles. The molecule has 0 bridgehead atoms. The molecule has 1 fully saturated rings. The van der Waals surface area contributed by atoms with Crippen molar-refractivity contribution in [2.24, 2.45) is 0 Å². The second kappa shape index (κ2) is 8.84. The Hall–Kier alpha value is -3.43. The Morgan fingerprint density at radius 3 is 2.82 bits per heavy atom. The van der Waals surface area contributed by atoms with Crippen molar-refractivity contribution in [1.29, 1.82) is 0 Å². The number of carbonyl (C=O) groups excluding carboxylic acids is 1. The van der Waals surface area contributed by atoms with Crippen LogP contribution in [-0.4, -0.2) is 48.3 Å². The number of aromatic nitrogens is 2. The number of ether oxygens (including phenoxy) is 1. The molecule has 10 heteroatoms. The molecule has 2 aliphatic rings. The third-order valence-corrected chi connectivity index (χ3v) is 6.03. The molecule has 5 rings (SSSR count). The maximum absolute atomic E-state index is 14.3. The second-order valence-corrected chi connectivity index (χ2v) is 8.31. The Bertz CT molecular complexity index is 1170. The van der Waals surface area contributed by atoms with E-state index in [0.29, 0.717) is 12.0 Å². The van der Waals surface area contributed by atoms with Gasteiger partial charge in [-0.3, -0.25) is 9.69 Å². The molecule has 8 nitrogen and oxygen atoms in total. The fraction of sp³-hybridized carbons (Fsp3) is 0.261. The summed E-state index contributed by atoms with van der Waals surface area (Å²) in [5, 5.41) is 6.64. The Morgan fingerprint density at radius 2 is 2.06 bits per heavy atom. The number of amides is 1. The lowest BCUT2D eigenvalue weighted by molar-refractivity contribution is 0.0931. The second-order valence-electron chi connectivity index (χ2n) is 7.91. The standard InChI is InChI=1S/C23H22ClFN6O2/c1-14-11-26-9-10-30(14)16-7-5-15(6-8-16)28-23-27-12-17-21(29-23)33-13-31(22(17)32)20-18(24)3-2-4-19(20)25/h2-8,12,14,26H,9-11,13H2,1H3,(H,27,28,29)/t14-/m0/s1. The first kappa shape index (κ1) is 21.4. The van der Waals surface area contributed by atoms with Gasteiger partial charge < -0.3 is 20.3 Å². The Morgan fingerprint density at radius 1 is 1.24 bits per heavy atom. The summed E-state index contributed by atoms with van der Waals surface area (Å²) in [6.45, 7) is 4.87. The van der Waals surface area contributed by atoms with E-state index in [9.17, 15) is 9.18 Å². The van der Waals surface area contributed by atoms with E-state index in [1.165, 1.54) is 24.4 Å². The zero-order chi connectivity index (χ0) is 22.9. The van der Waals surface area contributed by atoms with Crippen LogP contribution in [0.3, 0.4) is 0 Å². The minimum atomic E-state index is -0.610. The van der Waals surface area contributed by atoms with Crippen LogP contribution in [-0.2, 0) is 0 Å². The van der Waals surface area contributed by atoms with Crippen LogP contribution in [0, 0.1) is 5.82 Å². The van der Waals surface area contributed by atoms with Gasteiger partial charge in [-0.2, -0.15) is 4.98 Å². The summed E-state index contributed by atoms with van der Waals surface area (Å²) in [7, 11) is 0. The van der Waals surface area contributed by atoms with Crippen LogP contribution in [0.1, 0.15) is 17.3 Å². The molecule has 0 saturated carbocycles. The number of hydrogen-bond acceptors (Lipinski definition) is 7. The highest BCUT2D eigenvalue weighted by atomic mass is 35.5. The lowest BCUT2D eigenvalue weighted by Gasteiger charge is -2.36. The van der Waals surface area contributed by atoms with Gasteiger partial charge in [0.15, 0.2) is 6.73 Å². The van der Waals surface area contributed by atoms with Gasteiger partial charge in [0.25, 0.3) is 5.91 Å². The minimum Gasteiger partial charge on any atom is -0.455 e. The summed E-state index contributed by atoms with van der Waals surface area (Å²) < 4.78 is 19.9. The zero-order valence-corrected chi connectivity index (χ0v) is 18.6. The lowest BCUT2D eigenvalue weighted by Crippen LogP contribution is -2.49. The van der Waals surface area contributed by atoms with Crippen molar-refractivity contribution in [1.82, 2.24) is 15.3 Å². The number of halogens is 2. The number of anilines is 4. The maximum Gasteiger partial charge on any atom is 0.268 e. The molecule has 33 heavy (non-hydrogen) atoms. The minimum absolute atomic E-state index is 0.0316. The van der Waals surface area contributed by atoms with E-state index < -0.39 is 11.7 Å². The average Bonchev–Trinajstić information content (AvgIpc) is 2.81. The number of fused-ring (bicyclic) bond motifs is 1. The fourth-order valence-corrected chi connectivity index (χ4v) is 4.28. The topological polar surface area (TPSA) is 82.6 Å². The average molecular weight is 469 g/mol. The van der Waals surface area contributed by atoms with Crippen LogP contribution < -0.4 is 25.2 Å². The van der Waals surface area contributed by atoms with Crippen molar-refractivity contribution >= 4 is 40.5 Å². The highest BCUT2D eigenvalue weighted by Crippen LogP contribution is 2.34. The summed E-state index contributed by atoms with van der Waals surface area (Å²) in [4.78, 5) is 25.0. The molecule has 3 aromatic rings. The number of rotatable bonds is 4. The normalized spacial score (nSPS) is 18.0. The van der Waals surface area contributed by atoms with Crippen LogP contribution in [0.4, 0.5) is 27.4 Å². The van der Waals surface area contributed by atoms with E-state index in [0.717, 1.165) is 35.9 Å². The summed E-state index contributed by atoms with van der Waals surface area (Å²) >= 11 is 6.10. The number of benzene rings is 2. The van der Waals surface area contributed by atoms with Crippen molar-refractivity contribution in [3.05, 3.63) is 65.1 Å². The summed E-state index contributed by atoms with van der Waals surface area (Å²) in [6, 6.07) is 12.7. The molecule has 0 spiro atoms. The van der Waals surface area contributed by atoms with E-state index in [2.05, 4.69) is 44.6 Å². The molecule has 2 aliphatic heterocycles. The number of piperazine rings is 1. The molecule has 3 heterocycles. The van der Waals surface area contributed by atoms with E-state index in [-0.39, 0.29) is 28.9 Å². The zero-order valence-electron chi connectivity index (χ0n) is 17.9. The van der Waals surface area contributed by atoms with Crippen molar-refractivity contribution in [2.45, 2.75) is 13.0 Å². The first-order chi connectivity index (χ1) is 16.0. The van der Waals surface area contributed by atoms with Crippen LogP contribution in [0.2, 0.25) is 5.02 Å². The predicted molar refractivity (Wildman–Crippen MR) is 125 cm³/mol. The highest BCUT2D eigenvalue weighted by molar-refractivity contribution is 6.34.